The molecule has 0 aliphatic heterocycles. The van der Waals surface area contributed by atoms with Crippen molar-refractivity contribution in [3.63, 3.8) is 0 Å². The fourth-order valence-corrected chi connectivity index (χ4v) is 0. The van der Waals surface area contributed by atoms with Crippen molar-refractivity contribution in [1.82, 2.24) is 0 Å². The van der Waals surface area contributed by atoms with Crippen molar-refractivity contribution in [3.05, 3.63) is 26.5 Å². The van der Waals surface area contributed by atoms with Gasteiger partial charge in [-0.25, -0.2) is 19.6 Å². The van der Waals surface area contributed by atoms with Gasteiger partial charge in [-0.1, -0.05) is 0 Å². The van der Waals surface area contributed by atoms with Crippen LogP contribution in [0, 0.1) is 13.8 Å². The quantitative estimate of drug-likeness (QED) is 0.381. The molecule has 0 atom stereocenters. The predicted octanol–water partition coefficient (Wildman–Crippen LogP) is 2.27. The van der Waals surface area contributed by atoms with E-state index in [0.717, 1.165) is 0 Å². The summed E-state index contributed by atoms with van der Waals surface area (Å²) in [6, 6.07) is 0. The molecule has 0 heterocycles. The van der Waals surface area contributed by atoms with Crippen LogP contribution < -0.4 is 0 Å². The molecule has 0 unspecified atom stereocenters. The maximum absolute atomic E-state index is 3.25. The summed E-state index contributed by atoms with van der Waals surface area (Å²) in [4.78, 5) is 0. The normalized spacial score (nSPS) is 2.57. The summed E-state index contributed by atoms with van der Waals surface area (Å²) >= 11 is 0. The van der Waals surface area contributed by atoms with Crippen molar-refractivity contribution < 1.29 is 16.5 Å². The van der Waals surface area contributed by atoms with Crippen molar-refractivity contribution in [2.75, 3.05) is 0 Å². The second-order valence-corrected chi connectivity index (χ2v) is 0.289. The first-order chi connectivity index (χ1) is 2.41. The van der Waals surface area contributed by atoms with Crippen LogP contribution in [0.5, 0.6) is 0 Å². The number of hydrogen-bond donors (Lipinski definition) is 0. The molecule has 0 saturated heterocycles. The molecule has 0 rings (SSSR count). The van der Waals surface area contributed by atoms with Crippen molar-refractivity contribution in [1.29, 1.82) is 0 Å². The minimum Gasteiger partial charge on any atom is -0.346 e. The Morgan fingerprint density at radius 3 is 1.43 bits per heavy atom. The van der Waals surface area contributed by atoms with Crippen LogP contribution >= 0.6 is 12.4 Å². The number of halogens is 1. The fraction of sp³-hybridized carbons (Fsp3) is 0.200. The Kier molecular flexibility index (Phi) is 359. The average Bonchev–Trinajstić information content (AvgIpc) is 1.46. The van der Waals surface area contributed by atoms with Crippen LogP contribution in [0.3, 0.4) is 0 Å². The molecule has 0 N–H and O–H groups in total. The third-order valence-electron chi connectivity index (χ3n) is 0. The molecular formula is C5H11ClNi. The zero-order chi connectivity index (χ0) is 4.71. The molecular weight excluding hydrogens is 154 g/mol. The van der Waals surface area contributed by atoms with Gasteiger partial charge in [-0.05, 0) is 0 Å². The van der Waals surface area contributed by atoms with E-state index in [9.17, 15) is 0 Å². The Balaban J connectivity index is -0.0000000105. The summed E-state index contributed by atoms with van der Waals surface area (Å²) in [7, 11) is 0. The Morgan fingerprint density at radius 2 is 1.43 bits per heavy atom. The summed E-state index contributed by atoms with van der Waals surface area (Å²) in [6.07, 6.45) is 1.50. The summed E-state index contributed by atoms with van der Waals surface area (Å²) in [5, 5.41) is 0. The SMILES string of the molecule is C=C[CH2-].Cl.[CH2-]C.[Ni+2]. The van der Waals surface area contributed by atoms with E-state index in [1.165, 1.54) is 6.08 Å². The first-order valence-electron chi connectivity index (χ1n) is 1.52. The van der Waals surface area contributed by atoms with Gasteiger partial charge in [0, 0.05) is 0 Å². The second kappa shape index (κ2) is 95.8. The van der Waals surface area contributed by atoms with E-state index in [2.05, 4.69) is 20.4 Å². The van der Waals surface area contributed by atoms with Crippen LogP contribution in [-0.4, -0.2) is 0 Å². The zero-order valence-corrected chi connectivity index (χ0v) is 6.23. The molecule has 0 bridgehead atoms. The van der Waals surface area contributed by atoms with Gasteiger partial charge in [0.05, 0.1) is 0 Å². The molecule has 0 amide bonds. The molecule has 0 aliphatic rings. The van der Waals surface area contributed by atoms with Gasteiger partial charge in [0.25, 0.3) is 0 Å². The topological polar surface area (TPSA) is 0 Å². The van der Waals surface area contributed by atoms with Gasteiger partial charge in [-0.3, -0.25) is 0 Å². The van der Waals surface area contributed by atoms with Gasteiger partial charge < -0.3 is 6.92 Å². The number of rotatable bonds is 0. The van der Waals surface area contributed by atoms with E-state index in [-0.39, 0.29) is 28.9 Å². The van der Waals surface area contributed by atoms with Gasteiger partial charge >= 0.3 is 16.5 Å². The molecule has 0 spiro atoms. The Morgan fingerprint density at radius 1 is 1.43 bits per heavy atom. The van der Waals surface area contributed by atoms with Gasteiger partial charge in [0.2, 0.25) is 0 Å². The smallest absolute Gasteiger partial charge is 0.346 e. The minimum absolute atomic E-state index is 0. The van der Waals surface area contributed by atoms with Crippen molar-refractivity contribution >= 4 is 12.4 Å². The van der Waals surface area contributed by atoms with E-state index >= 15 is 0 Å². The molecule has 7 heavy (non-hydrogen) atoms. The molecule has 48 valence electrons. The fourth-order valence-electron chi connectivity index (χ4n) is 0. The van der Waals surface area contributed by atoms with E-state index in [1.54, 1.807) is 6.92 Å². The monoisotopic (exact) mass is 164 g/mol. The molecule has 0 fully saturated rings. The molecule has 0 aromatic heterocycles. The molecule has 0 saturated carbocycles. The van der Waals surface area contributed by atoms with Crippen molar-refractivity contribution in [3.8, 4) is 0 Å². The third kappa shape index (κ3) is 797. The van der Waals surface area contributed by atoms with Gasteiger partial charge in [0.1, 0.15) is 0 Å². The summed E-state index contributed by atoms with van der Waals surface area (Å²) < 4.78 is 0. The minimum atomic E-state index is 0. The number of hydrogen-bond acceptors (Lipinski definition) is 0. The average molecular weight is 165 g/mol. The zero-order valence-electron chi connectivity index (χ0n) is 4.42. The standard InChI is InChI=1S/C3H5.C2H5.ClH.Ni/c1-3-2;1-2;;/h3H,1-2H2;1H2,2H3;1H;/q2*-1;;+2. The van der Waals surface area contributed by atoms with Gasteiger partial charge in [-0.2, -0.15) is 6.92 Å². The first-order valence-corrected chi connectivity index (χ1v) is 1.52. The predicted molar refractivity (Wildman–Crippen MR) is 33.8 cm³/mol. The molecule has 0 nitrogen and oxygen atoms in total. The van der Waals surface area contributed by atoms with Crippen LogP contribution in [0.2, 0.25) is 0 Å². The van der Waals surface area contributed by atoms with Crippen molar-refractivity contribution in [2.45, 2.75) is 6.92 Å². The summed E-state index contributed by atoms with van der Waals surface area (Å²) in [6.45, 7) is 11.5. The van der Waals surface area contributed by atoms with Crippen molar-refractivity contribution in [2.24, 2.45) is 0 Å². The van der Waals surface area contributed by atoms with E-state index in [0.29, 0.717) is 0 Å². The Labute approximate surface area is 62.7 Å². The molecule has 0 aromatic carbocycles. The van der Waals surface area contributed by atoms with Gasteiger partial charge in [0.15, 0.2) is 0 Å². The van der Waals surface area contributed by atoms with E-state index < -0.39 is 0 Å². The maximum Gasteiger partial charge on any atom is 2.00 e. The van der Waals surface area contributed by atoms with Crippen LogP contribution in [0.1, 0.15) is 6.92 Å². The van der Waals surface area contributed by atoms with Crippen LogP contribution in [0.15, 0.2) is 12.7 Å². The third-order valence-corrected chi connectivity index (χ3v) is 0. The van der Waals surface area contributed by atoms with Crippen LogP contribution in [-0.2, 0) is 16.5 Å². The van der Waals surface area contributed by atoms with E-state index in [4.69, 9.17) is 0 Å². The maximum atomic E-state index is 3.25. The van der Waals surface area contributed by atoms with Crippen LogP contribution in [0.4, 0.5) is 0 Å². The molecule has 0 aliphatic carbocycles. The van der Waals surface area contributed by atoms with E-state index in [1.807, 2.05) is 0 Å². The largest absolute Gasteiger partial charge is 2.00 e. The second-order valence-electron chi connectivity index (χ2n) is 0.289. The molecule has 2 heteroatoms. The summed E-state index contributed by atoms with van der Waals surface area (Å²) in [5.41, 5.74) is 0. The first kappa shape index (κ1) is 26.2. The van der Waals surface area contributed by atoms with Gasteiger partial charge in [-0.15, -0.1) is 12.4 Å². The Bertz CT molecular complexity index is 15.6. The molecule has 0 aromatic rings. The summed E-state index contributed by atoms with van der Waals surface area (Å²) in [5.74, 6) is 0. The number of allylic oxidation sites excluding steroid dienone is 1. The van der Waals surface area contributed by atoms with Crippen LogP contribution in [0.25, 0.3) is 0 Å². The molecule has 0 radical (unpaired) electrons. The Hall–Kier alpha value is 0.394.